The number of hydrogen-bond donors (Lipinski definition) is 3. The summed E-state index contributed by atoms with van der Waals surface area (Å²) in [5.41, 5.74) is 8.68. The first-order chi connectivity index (χ1) is 14.0. The summed E-state index contributed by atoms with van der Waals surface area (Å²) in [7, 11) is 0. The number of hydrogen-bond acceptors (Lipinski definition) is 4. The number of thiophene rings is 1. The summed E-state index contributed by atoms with van der Waals surface area (Å²) in [4.78, 5) is 25.0. The second-order valence-corrected chi connectivity index (χ2v) is 7.84. The van der Waals surface area contributed by atoms with Crippen molar-refractivity contribution >= 4 is 28.8 Å². The Hall–Kier alpha value is -2.96. The van der Waals surface area contributed by atoms with Gasteiger partial charge in [-0.05, 0) is 60.2 Å². The molecular formula is C23H25N3O2S. The second kappa shape index (κ2) is 9.49. The first kappa shape index (κ1) is 20.8. The Kier molecular flexibility index (Phi) is 6.80. The van der Waals surface area contributed by atoms with E-state index in [2.05, 4.69) is 47.9 Å². The summed E-state index contributed by atoms with van der Waals surface area (Å²) in [6, 6.07) is 18.6. The fourth-order valence-electron chi connectivity index (χ4n) is 3.04. The van der Waals surface area contributed by atoms with Crippen molar-refractivity contribution in [2.45, 2.75) is 32.4 Å². The van der Waals surface area contributed by atoms with Crippen LogP contribution < -0.4 is 16.4 Å². The Morgan fingerprint density at radius 1 is 1.03 bits per heavy atom. The van der Waals surface area contributed by atoms with Gasteiger partial charge in [0.05, 0.1) is 12.1 Å². The highest BCUT2D eigenvalue weighted by Crippen LogP contribution is 2.27. The molecule has 0 aliphatic rings. The SMILES string of the molecule is CCc1ccc([C@@H](N[C@@H](C)C(=O)Nc2ccc(C(N)=O)cc2)c2cccs2)cc1. The molecule has 150 valence electrons. The molecule has 29 heavy (non-hydrogen) atoms. The van der Waals surface area contributed by atoms with E-state index in [4.69, 9.17) is 5.73 Å². The van der Waals surface area contributed by atoms with Crippen LogP contribution in [0.15, 0.2) is 66.0 Å². The van der Waals surface area contributed by atoms with Gasteiger partial charge in [0.2, 0.25) is 11.8 Å². The van der Waals surface area contributed by atoms with Crippen LogP contribution in [0.25, 0.3) is 0 Å². The summed E-state index contributed by atoms with van der Waals surface area (Å²) in [6.45, 7) is 3.97. The number of carbonyl (C=O) groups excluding carboxylic acids is 2. The van der Waals surface area contributed by atoms with Gasteiger partial charge in [-0.1, -0.05) is 37.3 Å². The number of primary amides is 1. The number of anilines is 1. The summed E-state index contributed by atoms with van der Waals surface area (Å²) in [5, 5.41) is 8.36. The van der Waals surface area contributed by atoms with Gasteiger partial charge in [-0.25, -0.2) is 0 Å². The fourth-order valence-corrected chi connectivity index (χ4v) is 3.85. The van der Waals surface area contributed by atoms with E-state index in [1.54, 1.807) is 35.6 Å². The predicted molar refractivity (Wildman–Crippen MR) is 118 cm³/mol. The lowest BCUT2D eigenvalue weighted by molar-refractivity contribution is -0.117. The first-order valence-electron chi connectivity index (χ1n) is 9.57. The topological polar surface area (TPSA) is 84.2 Å². The van der Waals surface area contributed by atoms with Crippen LogP contribution in [0.2, 0.25) is 0 Å². The molecule has 6 heteroatoms. The lowest BCUT2D eigenvalue weighted by atomic mass is 10.0. The molecule has 0 saturated heterocycles. The van der Waals surface area contributed by atoms with Crippen molar-refractivity contribution in [3.63, 3.8) is 0 Å². The van der Waals surface area contributed by atoms with Crippen molar-refractivity contribution in [2.75, 3.05) is 5.32 Å². The molecule has 0 bridgehead atoms. The number of nitrogens with one attached hydrogen (secondary N) is 2. The van der Waals surface area contributed by atoms with Crippen LogP contribution in [0.5, 0.6) is 0 Å². The molecule has 1 heterocycles. The molecule has 2 atom stereocenters. The number of benzene rings is 2. The van der Waals surface area contributed by atoms with E-state index >= 15 is 0 Å². The third-order valence-corrected chi connectivity index (χ3v) is 5.73. The van der Waals surface area contributed by atoms with E-state index in [0.29, 0.717) is 11.3 Å². The van der Waals surface area contributed by atoms with Gasteiger partial charge < -0.3 is 11.1 Å². The van der Waals surface area contributed by atoms with Crippen LogP contribution in [-0.2, 0) is 11.2 Å². The van der Waals surface area contributed by atoms with Gasteiger partial charge in [-0.2, -0.15) is 0 Å². The Labute approximate surface area is 175 Å². The van der Waals surface area contributed by atoms with Gasteiger partial charge >= 0.3 is 0 Å². The Bertz CT molecular complexity index is 951. The Balaban J connectivity index is 1.72. The minimum absolute atomic E-state index is 0.0705. The average molecular weight is 408 g/mol. The molecule has 5 nitrogen and oxygen atoms in total. The van der Waals surface area contributed by atoms with Crippen molar-refractivity contribution in [3.05, 3.63) is 87.6 Å². The van der Waals surface area contributed by atoms with Crippen LogP contribution in [-0.4, -0.2) is 17.9 Å². The van der Waals surface area contributed by atoms with E-state index in [1.807, 2.05) is 18.4 Å². The van der Waals surface area contributed by atoms with Gasteiger partial charge in [0, 0.05) is 16.1 Å². The van der Waals surface area contributed by atoms with Gasteiger partial charge in [0.1, 0.15) is 0 Å². The third-order valence-electron chi connectivity index (χ3n) is 4.80. The lowest BCUT2D eigenvalue weighted by Crippen LogP contribution is -2.40. The number of aryl methyl sites for hydroxylation is 1. The van der Waals surface area contributed by atoms with Crippen molar-refractivity contribution in [1.82, 2.24) is 5.32 Å². The predicted octanol–water partition coefficient (Wildman–Crippen LogP) is 4.12. The normalized spacial score (nSPS) is 12.9. The monoisotopic (exact) mass is 407 g/mol. The highest BCUT2D eigenvalue weighted by atomic mass is 32.1. The first-order valence-corrected chi connectivity index (χ1v) is 10.4. The molecule has 0 fully saturated rings. The quantitative estimate of drug-likeness (QED) is 0.525. The number of nitrogens with two attached hydrogens (primary N) is 1. The third kappa shape index (κ3) is 5.31. The number of carbonyl (C=O) groups is 2. The molecule has 0 aliphatic carbocycles. The summed E-state index contributed by atoms with van der Waals surface area (Å²) >= 11 is 1.66. The fraction of sp³-hybridized carbons (Fsp3) is 0.217. The van der Waals surface area contributed by atoms with Crippen LogP contribution in [0.1, 0.15) is 46.3 Å². The van der Waals surface area contributed by atoms with Crippen LogP contribution >= 0.6 is 11.3 Å². The highest BCUT2D eigenvalue weighted by molar-refractivity contribution is 7.10. The Morgan fingerprint density at radius 2 is 1.72 bits per heavy atom. The minimum atomic E-state index is -0.495. The maximum atomic E-state index is 12.7. The van der Waals surface area contributed by atoms with E-state index in [-0.39, 0.29) is 11.9 Å². The standard InChI is InChI=1S/C23H25N3O2S/c1-3-16-6-8-17(9-7-16)21(20-5-4-14-29-20)25-15(2)23(28)26-19-12-10-18(11-13-19)22(24)27/h4-15,21,25H,3H2,1-2H3,(H2,24,27)(H,26,28)/t15-,21+/m0/s1. The van der Waals surface area contributed by atoms with E-state index in [1.165, 1.54) is 5.56 Å². The zero-order valence-electron chi connectivity index (χ0n) is 16.5. The number of amides is 2. The van der Waals surface area contributed by atoms with Crippen molar-refractivity contribution in [1.29, 1.82) is 0 Å². The average Bonchev–Trinajstić information content (AvgIpc) is 3.27. The van der Waals surface area contributed by atoms with Crippen LogP contribution in [0.3, 0.4) is 0 Å². The van der Waals surface area contributed by atoms with Gasteiger partial charge in [0.25, 0.3) is 0 Å². The smallest absolute Gasteiger partial charge is 0.248 e. The van der Waals surface area contributed by atoms with Crippen molar-refractivity contribution in [2.24, 2.45) is 5.73 Å². The molecule has 4 N–H and O–H groups in total. The molecule has 3 rings (SSSR count). The molecule has 0 aliphatic heterocycles. The van der Waals surface area contributed by atoms with Crippen molar-refractivity contribution < 1.29 is 9.59 Å². The molecule has 2 amide bonds. The summed E-state index contributed by atoms with van der Waals surface area (Å²) in [5.74, 6) is -0.644. The largest absolute Gasteiger partial charge is 0.366 e. The van der Waals surface area contributed by atoms with E-state index in [0.717, 1.165) is 16.9 Å². The summed E-state index contributed by atoms with van der Waals surface area (Å²) < 4.78 is 0. The molecule has 0 spiro atoms. The second-order valence-electron chi connectivity index (χ2n) is 6.86. The van der Waals surface area contributed by atoms with Gasteiger partial charge in [-0.3, -0.25) is 14.9 Å². The zero-order valence-corrected chi connectivity index (χ0v) is 17.3. The minimum Gasteiger partial charge on any atom is -0.366 e. The molecule has 2 aromatic carbocycles. The van der Waals surface area contributed by atoms with Crippen LogP contribution in [0.4, 0.5) is 5.69 Å². The molecule has 3 aromatic rings. The van der Waals surface area contributed by atoms with E-state index < -0.39 is 11.9 Å². The molecule has 1 aromatic heterocycles. The highest BCUT2D eigenvalue weighted by Gasteiger charge is 2.21. The molecular weight excluding hydrogens is 382 g/mol. The maximum absolute atomic E-state index is 12.7. The molecule has 0 saturated carbocycles. The van der Waals surface area contributed by atoms with Crippen molar-refractivity contribution in [3.8, 4) is 0 Å². The molecule has 0 unspecified atom stereocenters. The maximum Gasteiger partial charge on any atom is 0.248 e. The van der Waals surface area contributed by atoms with E-state index in [9.17, 15) is 9.59 Å². The van der Waals surface area contributed by atoms with Crippen LogP contribution in [0, 0.1) is 0 Å². The zero-order chi connectivity index (χ0) is 20.8. The summed E-state index contributed by atoms with van der Waals surface area (Å²) in [6.07, 6.45) is 0.991. The van der Waals surface area contributed by atoms with Gasteiger partial charge in [0.15, 0.2) is 0 Å². The van der Waals surface area contributed by atoms with Gasteiger partial charge in [-0.15, -0.1) is 11.3 Å². The lowest BCUT2D eigenvalue weighted by Gasteiger charge is -2.23. The molecule has 0 radical (unpaired) electrons. The Morgan fingerprint density at radius 3 is 2.28 bits per heavy atom. The number of rotatable bonds is 8.